The van der Waals surface area contributed by atoms with Gasteiger partial charge in [-0.1, -0.05) is 48.0 Å². The van der Waals surface area contributed by atoms with Crippen molar-refractivity contribution in [3.05, 3.63) is 70.7 Å². The van der Waals surface area contributed by atoms with Crippen LogP contribution in [0.25, 0.3) is 0 Å². The van der Waals surface area contributed by atoms with Crippen molar-refractivity contribution in [1.82, 2.24) is 4.31 Å². The summed E-state index contributed by atoms with van der Waals surface area (Å²) in [6.07, 6.45) is 2.84. The molecule has 1 aliphatic rings. The lowest BCUT2D eigenvalue weighted by Crippen LogP contribution is -2.44. The number of nitrogens with zero attached hydrogens (tertiary/aromatic N) is 1. The number of ether oxygens (including phenoxy) is 1. The molecule has 1 aliphatic heterocycles. The van der Waals surface area contributed by atoms with Gasteiger partial charge >= 0.3 is 0 Å². The molecule has 1 heterocycles. The molecule has 1 saturated heterocycles. The fourth-order valence-corrected chi connectivity index (χ4v) is 5.78. The van der Waals surface area contributed by atoms with E-state index in [1.54, 1.807) is 48.5 Å². The van der Waals surface area contributed by atoms with Crippen molar-refractivity contribution in [2.24, 2.45) is 5.92 Å². The maximum absolute atomic E-state index is 13.0. The summed E-state index contributed by atoms with van der Waals surface area (Å²) in [5.74, 6) is -0.371. The highest BCUT2D eigenvalue weighted by atomic mass is 35.5. The maximum Gasteiger partial charge on any atom is 0.228 e. The van der Waals surface area contributed by atoms with Crippen molar-refractivity contribution in [3.63, 3.8) is 0 Å². The summed E-state index contributed by atoms with van der Waals surface area (Å²) in [7, 11) is -3.68. The molecule has 9 heteroatoms. The number of amides is 1. The second kappa shape index (κ2) is 10.5. The van der Waals surface area contributed by atoms with Crippen molar-refractivity contribution in [3.8, 4) is 5.75 Å². The van der Waals surface area contributed by atoms with E-state index in [0.717, 1.165) is 0 Å². The van der Waals surface area contributed by atoms with Gasteiger partial charge in [-0.25, -0.2) is 12.7 Å². The Kier molecular flexibility index (Phi) is 8.00. The molecule has 2 aromatic carbocycles. The first kappa shape index (κ1) is 23.6. The Bertz CT molecular complexity index is 1040. The predicted octanol–water partition coefficient (Wildman–Crippen LogP) is 4.74. The Morgan fingerprint density at radius 2 is 1.94 bits per heavy atom. The van der Waals surface area contributed by atoms with Crippen molar-refractivity contribution >= 4 is 44.8 Å². The zero-order chi connectivity index (χ0) is 22.4. The minimum absolute atomic E-state index is 0.114. The van der Waals surface area contributed by atoms with Crippen molar-refractivity contribution in [2.75, 3.05) is 25.0 Å². The van der Waals surface area contributed by atoms with Gasteiger partial charge in [0.05, 0.1) is 11.7 Å². The molecule has 3 rings (SSSR count). The van der Waals surface area contributed by atoms with Crippen LogP contribution in [-0.4, -0.2) is 38.3 Å². The molecule has 0 aliphatic carbocycles. The molecule has 2 aromatic rings. The van der Waals surface area contributed by atoms with Crippen LogP contribution in [0.3, 0.4) is 0 Å². The van der Waals surface area contributed by atoms with E-state index < -0.39 is 15.9 Å². The molecule has 1 amide bonds. The molecule has 166 valence electrons. The van der Waals surface area contributed by atoms with Crippen LogP contribution in [0.5, 0.6) is 5.75 Å². The third-order valence-electron chi connectivity index (χ3n) is 5.01. The first-order valence-electron chi connectivity index (χ1n) is 9.85. The van der Waals surface area contributed by atoms with Gasteiger partial charge in [0.15, 0.2) is 0 Å². The van der Waals surface area contributed by atoms with Gasteiger partial charge in [-0.3, -0.25) is 4.79 Å². The highest BCUT2D eigenvalue weighted by molar-refractivity contribution is 7.88. The number of rotatable bonds is 8. The molecule has 1 atom stereocenters. The summed E-state index contributed by atoms with van der Waals surface area (Å²) < 4.78 is 32.8. The largest absolute Gasteiger partial charge is 0.489 e. The lowest BCUT2D eigenvalue weighted by Gasteiger charge is -2.31. The quantitative estimate of drug-likeness (QED) is 0.551. The molecule has 1 N–H and O–H groups in total. The molecule has 1 unspecified atom stereocenters. The second-order valence-electron chi connectivity index (χ2n) is 7.27. The fourth-order valence-electron chi connectivity index (χ4n) is 3.42. The predicted molar refractivity (Wildman–Crippen MR) is 124 cm³/mol. The third-order valence-corrected chi connectivity index (χ3v) is 7.49. The number of benzene rings is 2. The van der Waals surface area contributed by atoms with Crippen molar-refractivity contribution in [2.45, 2.75) is 18.6 Å². The van der Waals surface area contributed by atoms with Crippen LogP contribution in [0.2, 0.25) is 10.0 Å². The summed E-state index contributed by atoms with van der Waals surface area (Å²) in [4.78, 5) is 12.8. The number of carbonyl (C=O) groups excluding carboxylic acids is 1. The van der Waals surface area contributed by atoms with E-state index in [0.29, 0.717) is 53.0 Å². The van der Waals surface area contributed by atoms with Gasteiger partial charge in [0.25, 0.3) is 0 Å². The zero-order valence-corrected chi connectivity index (χ0v) is 19.2. The molecule has 0 aromatic heterocycles. The molecule has 0 bridgehead atoms. The molecular weight excluding hydrogens is 459 g/mol. The number of halogens is 2. The SMILES string of the molecule is C=CCOc1cccc(NC(=O)C2CCCN(S(=O)(=O)Cc3c(Cl)cccc3Cl)C2)c1. The lowest BCUT2D eigenvalue weighted by molar-refractivity contribution is -0.120. The molecule has 0 spiro atoms. The highest BCUT2D eigenvalue weighted by Gasteiger charge is 2.33. The van der Waals surface area contributed by atoms with E-state index in [9.17, 15) is 13.2 Å². The number of sulfonamides is 1. The van der Waals surface area contributed by atoms with Crippen LogP contribution in [0.1, 0.15) is 18.4 Å². The maximum atomic E-state index is 13.0. The minimum Gasteiger partial charge on any atom is -0.489 e. The lowest BCUT2D eigenvalue weighted by atomic mass is 9.98. The first-order chi connectivity index (χ1) is 14.8. The van der Waals surface area contributed by atoms with Crippen molar-refractivity contribution in [1.29, 1.82) is 0 Å². The number of anilines is 1. The van der Waals surface area contributed by atoms with Gasteiger partial charge in [-0.2, -0.15) is 0 Å². The monoisotopic (exact) mass is 482 g/mol. The molecule has 1 fully saturated rings. The van der Waals surface area contributed by atoms with E-state index in [2.05, 4.69) is 11.9 Å². The summed E-state index contributed by atoms with van der Waals surface area (Å²) in [6.45, 7) is 4.44. The number of nitrogens with one attached hydrogen (secondary N) is 1. The van der Waals surface area contributed by atoms with Crippen LogP contribution in [0.4, 0.5) is 5.69 Å². The third kappa shape index (κ3) is 6.23. The smallest absolute Gasteiger partial charge is 0.228 e. The Hall–Kier alpha value is -2.06. The summed E-state index contributed by atoms with van der Waals surface area (Å²) in [5.41, 5.74) is 0.961. The average Bonchev–Trinajstić information content (AvgIpc) is 2.75. The molecule has 6 nitrogen and oxygen atoms in total. The molecule has 0 radical (unpaired) electrons. The van der Waals surface area contributed by atoms with E-state index in [1.807, 2.05) is 0 Å². The van der Waals surface area contributed by atoms with E-state index in [4.69, 9.17) is 27.9 Å². The summed E-state index contributed by atoms with van der Waals surface area (Å²) in [5, 5.41) is 3.47. The second-order valence-corrected chi connectivity index (χ2v) is 10.1. The Morgan fingerprint density at radius 1 is 1.23 bits per heavy atom. The number of hydrogen-bond donors (Lipinski definition) is 1. The molecular formula is C22H24Cl2N2O4S. The topological polar surface area (TPSA) is 75.7 Å². The number of hydrogen-bond acceptors (Lipinski definition) is 4. The summed E-state index contributed by atoms with van der Waals surface area (Å²) >= 11 is 12.3. The summed E-state index contributed by atoms with van der Waals surface area (Å²) in [6, 6.07) is 11.9. The Labute approximate surface area is 192 Å². The van der Waals surface area contributed by atoms with Gasteiger partial charge in [0, 0.05) is 40.5 Å². The van der Waals surface area contributed by atoms with Crippen LogP contribution < -0.4 is 10.1 Å². The van der Waals surface area contributed by atoms with Gasteiger partial charge in [-0.05, 0) is 37.1 Å². The van der Waals surface area contributed by atoms with E-state index in [1.165, 1.54) is 4.31 Å². The van der Waals surface area contributed by atoms with Crippen LogP contribution in [0.15, 0.2) is 55.1 Å². The Balaban J connectivity index is 1.67. The van der Waals surface area contributed by atoms with Gasteiger partial charge in [-0.15, -0.1) is 0 Å². The van der Waals surface area contributed by atoms with Gasteiger partial charge in [0.2, 0.25) is 15.9 Å². The van der Waals surface area contributed by atoms with Crippen LogP contribution in [0, 0.1) is 5.92 Å². The van der Waals surface area contributed by atoms with Gasteiger partial charge in [0.1, 0.15) is 12.4 Å². The number of carbonyl (C=O) groups is 1. The van der Waals surface area contributed by atoms with Crippen molar-refractivity contribution < 1.29 is 17.9 Å². The highest BCUT2D eigenvalue weighted by Crippen LogP contribution is 2.29. The molecule has 0 saturated carbocycles. The number of piperidine rings is 1. The first-order valence-corrected chi connectivity index (χ1v) is 12.2. The Morgan fingerprint density at radius 3 is 2.65 bits per heavy atom. The van der Waals surface area contributed by atoms with E-state index in [-0.39, 0.29) is 18.2 Å². The van der Waals surface area contributed by atoms with Crippen LogP contribution in [-0.2, 0) is 20.6 Å². The zero-order valence-electron chi connectivity index (χ0n) is 16.9. The minimum atomic E-state index is -3.68. The average molecular weight is 483 g/mol. The van der Waals surface area contributed by atoms with Gasteiger partial charge < -0.3 is 10.1 Å². The normalized spacial score (nSPS) is 17.2. The van der Waals surface area contributed by atoms with Crippen LogP contribution >= 0.6 is 23.2 Å². The molecule has 31 heavy (non-hydrogen) atoms. The van der Waals surface area contributed by atoms with E-state index >= 15 is 0 Å². The fraction of sp³-hybridized carbons (Fsp3) is 0.318. The standard InChI is InChI=1S/C22H24Cl2N2O4S/c1-2-12-30-18-8-3-7-17(13-18)25-22(27)16-6-5-11-26(14-16)31(28,29)15-19-20(23)9-4-10-21(19)24/h2-4,7-10,13,16H,1,5-6,11-12,14-15H2,(H,25,27).